The highest BCUT2D eigenvalue weighted by atomic mass is 15.0. The average Bonchev–Trinajstić information content (AvgIpc) is 3.21. The fourth-order valence-corrected chi connectivity index (χ4v) is 2.70. The second kappa shape index (κ2) is 5.25. The van der Waals surface area contributed by atoms with Crippen LogP contribution in [0.4, 0.5) is 5.82 Å². The van der Waals surface area contributed by atoms with Gasteiger partial charge in [0.05, 0.1) is 0 Å². The monoisotopic (exact) mass is 245 g/mol. The molecule has 0 amide bonds. The van der Waals surface area contributed by atoms with Gasteiger partial charge < -0.3 is 5.32 Å². The molecule has 3 nitrogen and oxygen atoms in total. The summed E-state index contributed by atoms with van der Waals surface area (Å²) in [7, 11) is 0. The van der Waals surface area contributed by atoms with Gasteiger partial charge in [-0.3, -0.25) is 0 Å². The van der Waals surface area contributed by atoms with E-state index < -0.39 is 0 Å². The molecule has 1 saturated carbocycles. The van der Waals surface area contributed by atoms with Crippen molar-refractivity contribution in [2.75, 3.05) is 11.9 Å². The van der Waals surface area contributed by atoms with Crippen LogP contribution in [0, 0.1) is 0 Å². The van der Waals surface area contributed by atoms with E-state index in [9.17, 15) is 0 Å². The lowest BCUT2D eigenvalue weighted by Gasteiger charge is -2.14. The highest BCUT2D eigenvalue weighted by Gasteiger charge is 2.28. The summed E-state index contributed by atoms with van der Waals surface area (Å²) in [4.78, 5) is 9.66. The number of nitrogens with zero attached hydrogens (tertiary/aromatic N) is 2. The van der Waals surface area contributed by atoms with Crippen LogP contribution in [0.25, 0.3) is 0 Å². The van der Waals surface area contributed by atoms with Crippen molar-refractivity contribution in [3.63, 3.8) is 0 Å². The minimum Gasteiger partial charge on any atom is -0.370 e. The number of hydrogen-bond donors (Lipinski definition) is 1. The van der Waals surface area contributed by atoms with Crippen LogP contribution in [0.15, 0.2) is 0 Å². The normalized spacial score (nSPS) is 19.2. The van der Waals surface area contributed by atoms with E-state index in [1.807, 2.05) is 0 Å². The standard InChI is InChI=1S/C15H23N3/c1-2-10-16-15-12-6-4-3-5-7-13(12)17-14(18-15)11-8-9-11/h11H,2-10H2,1H3,(H,16,17,18). The van der Waals surface area contributed by atoms with Crippen molar-refractivity contribution in [2.24, 2.45) is 0 Å². The predicted molar refractivity (Wildman–Crippen MR) is 74.0 cm³/mol. The first-order valence-corrected chi connectivity index (χ1v) is 7.52. The quantitative estimate of drug-likeness (QED) is 0.826. The lowest BCUT2D eigenvalue weighted by Crippen LogP contribution is -2.11. The first-order chi connectivity index (χ1) is 8.88. The van der Waals surface area contributed by atoms with E-state index in [0.717, 1.165) is 37.4 Å². The van der Waals surface area contributed by atoms with Crippen LogP contribution in [0.5, 0.6) is 0 Å². The SMILES string of the molecule is CCCNc1nc(C2CC2)nc2c1CCCCC2. The van der Waals surface area contributed by atoms with Gasteiger partial charge in [0, 0.05) is 23.7 Å². The zero-order valence-electron chi connectivity index (χ0n) is 11.3. The summed E-state index contributed by atoms with van der Waals surface area (Å²) >= 11 is 0. The molecule has 98 valence electrons. The Balaban J connectivity index is 1.94. The van der Waals surface area contributed by atoms with Crippen molar-refractivity contribution in [3.8, 4) is 0 Å². The van der Waals surface area contributed by atoms with E-state index in [4.69, 9.17) is 9.97 Å². The van der Waals surface area contributed by atoms with Crippen molar-refractivity contribution in [3.05, 3.63) is 17.1 Å². The van der Waals surface area contributed by atoms with Crippen LogP contribution in [-0.4, -0.2) is 16.5 Å². The van der Waals surface area contributed by atoms with Gasteiger partial charge in [0.1, 0.15) is 11.6 Å². The third kappa shape index (κ3) is 2.50. The van der Waals surface area contributed by atoms with Crippen LogP contribution in [0.2, 0.25) is 0 Å². The molecule has 0 aliphatic heterocycles. The van der Waals surface area contributed by atoms with Gasteiger partial charge in [-0.25, -0.2) is 9.97 Å². The maximum atomic E-state index is 4.85. The molecule has 0 atom stereocenters. The molecular formula is C15H23N3. The summed E-state index contributed by atoms with van der Waals surface area (Å²) in [5, 5.41) is 3.52. The van der Waals surface area contributed by atoms with Gasteiger partial charge in [0.15, 0.2) is 0 Å². The summed E-state index contributed by atoms with van der Waals surface area (Å²) in [6, 6.07) is 0. The Bertz CT molecular complexity index is 424. The largest absolute Gasteiger partial charge is 0.370 e. The number of nitrogens with one attached hydrogen (secondary N) is 1. The summed E-state index contributed by atoms with van der Waals surface area (Å²) in [6.45, 7) is 3.22. The van der Waals surface area contributed by atoms with E-state index in [-0.39, 0.29) is 0 Å². The highest BCUT2D eigenvalue weighted by Crippen LogP contribution is 2.39. The molecule has 3 heteroatoms. The molecule has 1 heterocycles. The highest BCUT2D eigenvalue weighted by molar-refractivity contribution is 5.48. The minimum atomic E-state index is 0.653. The molecule has 0 bridgehead atoms. The molecule has 18 heavy (non-hydrogen) atoms. The van der Waals surface area contributed by atoms with Gasteiger partial charge >= 0.3 is 0 Å². The first-order valence-electron chi connectivity index (χ1n) is 7.52. The minimum absolute atomic E-state index is 0.653. The molecule has 0 radical (unpaired) electrons. The van der Waals surface area contributed by atoms with Gasteiger partial charge in [-0.2, -0.15) is 0 Å². The maximum absolute atomic E-state index is 4.85. The number of fused-ring (bicyclic) bond motifs is 1. The van der Waals surface area contributed by atoms with Crippen molar-refractivity contribution in [2.45, 2.75) is 64.2 Å². The number of rotatable bonds is 4. The third-order valence-corrected chi connectivity index (χ3v) is 3.94. The smallest absolute Gasteiger partial charge is 0.134 e. The molecule has 1 aromatic rings. The topological polar surface area (TPSA) is 37.8 Å². The first kappa shape index (κ1) is 11.9. The summed E-state index contributed by atoms with van der Waals surface area (Å²) in [5.74, 6) is 2.90. The summed E-state index contributed by atoms with van der Waals surface area (Å²) < 4.78 is 0. The Kier molecular flexibility index (Phi) is 3.48. The Morgan fingerprint density at radius 3 is 2.72 bits per heavy atom. The average molecular weight is 245 g/mol. The van der Waals surface area contributed by atoms with Crippen molar-refractivity contribution >= 4 is 5.82 Å². The van der Waals surface area contributed by atoms with Gasteiger partial charge in [-0.15, -0.1) is 0 Å². The number of aryl methyl sites for hydroxylation is 1. The number of aromatic nitrogens is 2. The van der Waals surface area contributed by atoms with Crippen LogP contribution in [0.3, 0.4) is 0 Å². The second-order valence-electron chi connectivity index (χ2n) is 5.62. The van der Waals surface area contributed by atoms with Crippen molar-refractivity contribution < 1.29 is 0 Å². The second-order valence-corrected chi connectivity index (χ2v) is 5.62. The van der Waals surface area contributed by atoms with Crippen LogP contribution >= 0.6 is 0 Å². The van der Waals surface area contributed by atoms with Gasteiger partial charge in [0.2, 0.25) is 0 Å². The van der Waals surface area contributed by atoms with Crippen LogP contribution in [0.1, 0.15) is 68.4 Å². The summed E-state index contributed by atoms with van der Waals surface area (Å²) in [6.07, 6.45) is 9.95. The fourth-order valence-electron chi connectivity index (χ4n) is 2.70. The van der Waals surface area contributed by atoms with Gasteiger partial charge in [-0.05, 0) is 44.9 Å². The predicted octanol–water partition coefficient (Wildman–Crippen LogP) is 3.44. The van der Waals surface area contributed by atoms with Crippen molar-refractivity contribution in [1.82, 2.24) is 9.97 Å². The van der Waals surface area contributed by atoms with E-state index in [1.165, 1.54) is 43.4 Å². The molecular weight excluding hydrogens is 222 g/mol. The fraction of sp³-hybridized carbons (Fsp3) is 0.733. The van der Waals surface area contributed by atoms with E-state index >= 15 is 0 Å². The molecule has 0 aromatic carbocycles. The molecule has 3 rings (SSSR count). The van der Waals surface area contributed by atoms with Crippen LogP contribution in [-0.2, 0) is 12.8 Å². The molecule has 0 saturated heterocycles. The van der Waals surface area contributed by atoms with Gasteiger partial charge in [-0.1, -0.05) is 13.3 Å². The Labute approximate surface area is 109 Å². The number of anilines is 1. The van der Waals surface area contributed by atoms with Gasteiger partial charge in [0.25, 0.3) is 0 Å². The zero-order chi connectivity index (χ0) is 12.4. The molecule has 0 spiro atoms. The lowest BCUT2D eigenvalue weighted by molar-refractivity contribution is 0.708. The zero-order valence-corrected chi connectivity index (χ0v) is 11.3. The molecule has 2 aliphatic rings. The molecule has 2 aliphatic carbocycles. The molecule has 1 N–H and O–H groups in total. The van der Waals surface area contributed by atoms with Crippen molar-refractivity contribution in [1.29, 1.82) is 0 Å². The Morgan fingerprint density at radius 1 is 1.11 bits per heavy atom. The van der Waals surface area contributed by atoms with Crippen LogP contribution < -0.4 is 5.32 Å². The molecule has 0 unspecified atom stereocenters. The number of hydrogen-bond acceptors (Lipinski definition) is 3. The van der Waals surface area contributed by atoms with E-state index in [1.54, 1.807) is 0 Å². The summed E-state index contributed by atoms with van der Waals surface area (Å²) in [5.41, 5.74) is 2.74. The third-order valence-electron chi connectivity index (χ3n) is 3.94. The van der Waals surface area contributed by atoms with E-state index in [2.05, 4.69) is 12.2 Å². The Morgan fingerprint density at radius 2 is 1.94 bits per heavy atom. The Hall–Kier alpha value is -1.12. The molecule has 1 aromatic heterocycles. The maximum Gasteiger partial charge on any atom is 0.134 e. The van der Waals surface area contributed by atoms with E-state index in [0.29, 0.717) is 5.92 Å². The molecule has 1 fully saturated rings. The lowest BCUT2D eigenvalue weighted by atomic mass is 10.1.